The van der Waals surface area contributed by atoms with E-state index in [-0.39, 0.29) is 5.56 Å². The van der Waals surface area contributed by atoms with Gasteiger partial charge in [-0.25, -0.2) is 4.39 Å². The summed E-state index contributed by atoms with van der Waals surface area (Å²) in [4.78, 5) is 0. The first-order valence-electron chi connectivity index (χ1n) is 4.07. The van der Waals surface area contributed by atoms with Crippen LogP contribution < -0.4 is 4.74 Å². The number of hydrogen-bond donors (Lipinski definition) is 1. The Morgan fingerprint density at radius 1 is 1.31 bits per heavy atom. The van der Waals surface area contributed by atoms with E-state index < -0.39 is 24.5 Å². The van der Waals surface area contributed by atoms with Crippen molar-refractivity contribution in [2.24, 2.45) is 0 Å². The molecule has 6 heteroatoms. The SMILES string of the molecule is OCC#Cc1ccc(OC(F)(F)F)c(F)c1. The summed E-state index contributed by atoms with van der Waals surface area (Å²) in [6.07, 6.45) is -4.93. The lowest BCUT2D eigenvalue weighted by atomic mass is 10.2. The fraction of sp³-hybridized carbons (Fsp3) is 0.200. The average molecular weight is 234 g/mol. The zero-order chi connectivity index (χ0) is 12.2. The highest BCUT2D eigenvalue weighted by Gasteiger charge is 2.32. The number of aliphatic hydroxyl groups is 1. The van der Waals surface area contributed by atoms with Crippen LogP contribution in [-0.4, -0.2) is 18.1 Å². The zero-order valence-corrected chi connectivity index (χ0v) is 7.81. The van der Waals surface area contributed by atoms with Crippen LogP contribution in [0, 0.1) is 17.7 Å². The van der Waals surface area contributed by atoms with Crippen molar-refractivity contribution in [2.45, 2.75) is 6.36 Å². The van der Waals surface area contributed by atoms with Crippen molar-refractivity contribution in [3.05, 3.63) is 29.6 Å². The van der Waals surface area contributed by atoms with Crippen LogP contribution in [0.15, 0.2) is 18.2 Å². The van der Waals surface area contributed by atoms with Crippen LogP contribution in [0.4, 0.5) is 17.6 Å². The maximum Gasteiger partial charge on any atom is 0.573 e. The normalized spacial score (nSPS) is 10.6. The molecule has 0 aromatic heterocycles. The molecule has 0 atom stereocenters. The number of benzene rings is 1. The molecule has 0 saturated heterocycles. The van der Waals surface area contributed by atoms with Gasteiger partial charge in [0.25, 0.3) is 0 Å². The third-order valence-corrected chi connectivity index (χ3v) is 1.47. The Labute approximate surface area is 88.5 Å². The van der Waals surface area contributed by atoms with Crippen LogP contribution >= 0.6 is 0 Å². The van der Waals surface area contributed by atoms with E-state index in [0.29, 0.717) is 0 Å². The van der Waals surface area contributed by atoms with Gasteiger partial charge in [0.2, 0.25) is 0 Å². The first kappa shape index (κ1) is 12.3. The summed E-state index contributed by atoms with van der Waals surface area (Å²) in [5.74, 6) is 2.50. The van der Waals surface area contributed by atoms with Gasteiger partial charge in [-0.1, -0.05) is 11.8 Å². The van der Waals surface area contributed by atoms with Crippen LogP contribution in [0.3, 0.4) is 0 Å². The van der Waals surface area contributed by atoms with Crippen molar-refractivity contribution in [1.29, 1.82) is 0 Å². The Kier molecular flexibility index (Phi) is 3.74. The Morgan fingerprint density at radius 3 is 2.50 bits per heavy atom. The van der Waals surface area contributed by atoms with E-state index in [9.17, 15) is 17.6 Å². The van der Waals surface area contributed by atoms with Crippen molar-refractivity contribution < 1.29 is 27.4 Å². The minimum atomic E-state index is -4.93. The first-order valence-corrected chi connectivity index (χ1v) is 4.07. The lowest BCUT2D eigenvalue weighted by Crippen LogP contribution is -2.17. The Morgan fingerprint density at radius 2 is 2.00 bits per heavy atom. The largest absolute Gasteiger partial charge is 0.573 e. The molecule has 0 aliphatic rings. The average Bonchev–Trinajstić information content (AvgIpc) is 2.17. The van der Waals surface area contributed by atoms with Crippen molar-refractivity contribution in [1.82, 2.24) is 0 Å². The van der Waals surface area contributed by atoms with Crippen LogP contribution in [0.1, 0.15) is 5.56 Å². The van der Waals surface area contributed by atoms with Gasteiger partial charge in [-0.2, -0.15) is 0 Å². The summed E-state index contributed by atoms with van der Waals surface area (Å²) in [6.45, 7) is -0.414. The van der Waals surface area contributed by atoms with Gasteiger partial charge >= 0.3 is 6.36 Å². The monoisotopic (exact) mass is 234 g/mol. The van der Waals surface area contributed by atoms with Gasteiger partial charge in [-0.05, 0) is 18.2 Å². The molecule has 0 amide bonds. The van der Waals surface area contributed by atoms with Crippen LogP contribution in [0.25, 0.3) is 0 Å². The molecule has 0 radical (unpaired) electrons. The lowest BCUT2D eigenvalue weighted by molar-refractivity contribution is -0.275. The van der Waals surface area contributed by atoms with Crippen LogP contribution in [0.5, 0.6) is 5.75 Å². The molecule has 0 bridgehead atoms. The maximum absolute atomic E-state index is 13.1. The van der Waals surface area contributed by atoms with Gasteiger partial charge in [0.1, 0.15) is 6.61 Å². The Hall–Kier alpha value is -1.74. The van der Waals surface area contributed by atoms with E-state index in [2.05, 4.69) is 16.6 Å². The number of rotatable bonds is 1. The minimum Gasteiger partial charge on any atom is -0.403 e. The molecule has 1 N–H and O–H groups in total. The predicted octanol–water partition coefficient (Wildman–Crippen LogP) is 2.07. The summed E-state index contributed by atoms with van der Waals surface area (Å²) in [7, 11) is 0. The van der Waals surface area contributed by atoms with E-state index in [1.807, 2.05) is 0 Å². The third-order valence-electron chi connectivity index (χ3n) is 1.47. The van der Waals surface area contributed by atoms with Crippen molar-refractivity contribution in [3.63, 3.8) is 0 Å². The predicted molar refractivity (Wildman–Crippen MR) is 47.0 cm³/mol. The van der Waals surface area contributed by atoms with E-state index in [4.69, 9.17) is 5.11 Å². The molecule has 0 heterocycles. The molecule has 0 aliphatic heterocycles. The minimum absolute atomic E-state index is 0.154. The molecule has 16 heavy (non-hydrogen) atoms. The number of hydrogen-bond acceptors (Lipinski definition) is 2. The van der Waals surface area contributed by atoms with Gasteiger partial charge < -0.3 is 9.84 Å². The standard InChI is InChI=1S/C10H6F4O2/c11-8-6-7(2-1-5-15)3-4-9(8)16-10(12,13)14/h3-4,6,15H,5H2. The molecule has 0 unspecified atom stereocenters. The quantitative estimate of drug-likeness (QED) is 0.595. The summed E-state index contributed by atoms with van der Waals surface area (Å²) in [5, 5.41) is 8.36. The second-order valence-electron chi connectivity index (χ2n) is 2.65. The molecular weight excluding hydrogens is 228 g/mol. The Bertz CT molecular complexity index is 429. The smallest absolute Gasteiger partial charge is 0.403 e. The van der Waals surface area contributed by atoms with E-state index in [1.54, 1.807) is 0 Å². The van der Waals surface area contributed by atoms with Gasteiger partial charge in [0.15, 0.2) is 11.6 Å². The topological polar surface area (TPSA) is 29.5 Å². The van der Waals surface area contributed by atoms with Gasteiger partial charge in [0.05, 0.1) is 0 Å². The van der Waals surface area contributed by atoms with Crippen LogP contribution in [0.2, 0.25) is 0 Å². The van der Waals surface area contributed by atoms with Gasteiger partial charge in [0, 0.05) is 5.56 Å². The van der Waals surface area contributed by atoms with E-state index in [0.717, 1.165) is 18.2 Å². The number of aliphatic hydroxyl groups excluding tert-OH is 1. The lowest BCUT2D eigenvalue weighted by Gasteiger charge is -2.09. The zero-order valence-electron chi connectivity index (χ0n) is 7.81. The first-order chi connectivity index (χ1) is 7.42. The number of halogens is 4. The highest BCUT2D eigenvalue weighted by Crippen LogP contribution is 2.25. The molecule has 0 spiro atoms. The number of alkyl halides is 3. The molecule has 1 rings (SSSR count). The second-order valence-corrected chi connectivity index (χ2v) is 2.65. The number of ether oxygens (including phenoxy) is 1. The van der Waals surface area contributed by atoms with Gasteiger partial charge in [-0.15, -0.1) is 13.2 Å². The summed E-state index contributed by atoms with van der Waals surface area (Å²) < 4.78 is 51.8. The molecule has 0 fully saturated rings. The summed E-state index contributed by atoms with van der Waals surface area (Å²) >= 11 is 0. The molecule has 1 aromatic rings. The molecule has 86 valence electrons. The van der Waals surface area contributed by atoms with Crippen molar-refractivity contribution >= 4 is 0 Å². The molecule has 1 aromatic carbocycles. The van der Waals surface area contributed by atoms with E-state index >= 15 is 0 Å². The Balaban J connectivity index is 2.92. The maximum atomic E-state index is 13.1. The molecule has 2 nitrogen and oxygen atoms in total. The second kappa shape index (κ2) is 4.86. The third kappa shape index (κ3) is 3.79. The fourth-order valence-corrected chi connectivity index (χ4v) is 0.928. The van der Waals surface area contributed by atoms with Crippen molar-refractivity contribution in [3.8, 4) is 17.6 Å². The summed E-state index contributed by atoms with van der Waals surface area (Å²) in [6, 6.07) is 2.78. The fourth-order valence-electron chi connectivity index (χ4n) is 0.928. The highest BCUT2D eigenvalue weighted by molar-refractivity contribution is 5.39. The summed E-state index contributed by atoms with van der Waals surface area (Å²) in [5.41, 5.74) is 0.154. The molecule has 0 saturated carbocycles. The van der Waals surface area contributed by atoms with E-state index in [1.165, 1.54) is 0 Å². The van der Waals surface area contributed by atoms with Crippen molar-refractivity contribution in [2.75, 3.05) is 6.61 Å². The van der Waals surface area contributed by atoms with Gasteiger partial charge in [-0.3, -0.25) is 0 Å². The van der Waals surface area contributed by atoms with Crippen LogP contribution in [-0.2, 0) is 0 Å². The molecule has 0 aliphatic carbocycles. The highest BCUT2D eigenvalue weighted by atomic mass is 19.4. The molecular formula is C10H6F4O2.